The molecule has 6 heteroatoms. The van der Waals surface area contributed by atoms with Crippen molar-refractivity contribution < 1.29 is 4.79 Å². The first-order valence-corrected chi connectivity index (χ1v) is 8.35. The molecule has 2 N–H and O–H groups in total. The third-order valence-electron chi connectivity index (χ3n) is 5.30. The fraction of sp³-hybridized carbons (Fsp3) is 0.444. The molecular formula is C18H23ClN4O. The van der Waals surface area contributed by atoms with Gasteiger partial charge in [0.2, 0.25) is 5.91 Å². The Bertz CT molecular complexity index is 695. The van der Waals surface area contributed by atoms with Crippen LogP contribution in [-0.2, 0) is 11.3 Å². The average molecular weight is 347 g/mol. The van der Waals surface area contributed by atoms with Crippen molar-refractivity contribution in [3.05, 3.63) is 48.3 Å². The molecule has 24 heavy (non-hydrogen) atoms. The number of carbonyl (C=O) groups is 1. The first-order valence-electron chi connectivity index (χ1n) is 8.35. The number of nitrogens with zero attached hydrogens (tertiary/aromatic N) is 2. The summed E-state index contributed by atoms with van der Waals surface area (Å²) in [6.45, 7) is 2.65. The second-order valence-corrected chi connectivity index (χ2v) is 6.67. The van der Waals surface area contributed by atoms with E-state index in [1.165, 1.54) is 0 Å². The quantitative estimate of drug-likeness (QED) is 0.893. The van der Waals surface area contributed by atoms with Crippen LogP contribution in [0.1, 0.15) is 24.8 Å². The van der Waals surface area contributed by atoms with E-state index in [2.05, 4.69) is 15.7 Å². The number of aromatic nitrogens is 2. The van der Waals surface area contributed by atoms with Crippen LogP contribution in [0.15, 0.2) is 42.7 Å². The van der Waals surface area contributed by atoms with Gasteiger partial charge in [-0.15, -0.1) is 12.4 Å². The molecule has 1 unspecified atom stereocenters. The lowest BCUT2D eigenvalue weighted by molar-refractivity contribution is -0.123. The Balaban J connectivity index is 0.00000169. The molecule has 0 bridgehead atoms. The number of piperidine rings is 1. The molecule has 2 heterocycles. The zero-order valence-electron chi connectivity index (χ0n) is 13.6. The highest BCUT2D eigenvalue weighted by Crippen LogP contribution is 2.58. The lowest BCUT2D eigenvalue weighted by atomic mass is 9.92. The molecule has 2 fully saturated rings. The van der Waals surface area contributed by atoms with E-state index in [1.54, 1.807) is 6.20 Å². The third kappa shape index (κ3) is 3.19. The summed E-state index contributed by atoms with van der Waals surface area (Å²) in [4.78, 5) is 12.5. The maximum atomic E-state index is 12.5. The normalized spacial score (nSPS) is 21.1. The van der Waals surface area contributed by atoms with Crippen molar-refractivity contribution in [1.29, 1.82) is 0 Å². The van der Waals surface area contributed by atoms with Gasteiger partial charge >= 0.3 is 0 Å². The predicted octanol–water partition coefficient (Wildman–Crippen LogP) is 2.30. The van der Waals surface area contributed by atoms with E-state index in [9.17, 15) is 4.79 Å². The number of rotatable bonds is 4. The summed E-state index contributed by atoms with van der Waals surface area (Å²) < 4.78 is 1.84. The van der Waals surface area contributed by atoms with Crippen LogP contribution in [0.4, 0.5) is 0 Å². The van der Waals surface area contributed by atoms with E-state index in [4.69, 9.17) is 0 Å². The Morgan fingerprint density at radius 3 is 2.83 bits per heavy atom. The molecule has 128 valence electrons. The SMILES string of the molecule is Cl.O=C(NCc1ccccc1-n1cccn1)C1CC12CCNCC2. The Kier molecular flexibility index (Phi) is 4.92. The largest absolute Gasteiger partial charge is 0.352 e. The Labute approximate surface area is 148 Å². The van der Waals surface area contributed by atoms with Gasteiger partial charge in [-0.2, -0.15) is 5.10 Å². The first-order chi connectivity index (χ1) is 11.3. The van der Waals surface area contributed by atoms with Crippen LogP contribution in [0.5, 0.6) is 0 Å². The summed E-state index contributed by atoms with van der Waals surface area (Å²) in [6.07, 6.45) is 7.01. The summed E-state index contributed by atoms with van der Waals surface area (Å²) in [5, 5.41) is 10.8. The molecule has 1 spiro atoms. The first kappa shape index (κ1) is 17.0. The minimum Gasteiger partial charge on any atom is -0.352 e. The third-order valence-corrected chi connectivity index (χ3v) is 5.30. The van der Waals surface area contributed by atoms with E-state index in [1.807, 2.05) is 41.2 Å². The van der Waals surface area contributed by atoms with E-state index < -0.39 is 0 Å². The van der Waals surface area contributed by atoms with Crippen molar-refractivity contribution in [3.8, 4) is 5.69 Å². The number of benzene rings is 1. The minimum atomic E-state index is 0. The van der Waals surface area contributed by atoms with Crippen molar-refractivity contribution >= 4 is 18.3 Å². The van der Waals surface area contributed by atoms with Gasteiger partial charge in [-0.05, 0) is 55.5 Å². The average Bonchev–Trinajstić information content (AvgIpc) is 3.03. The van der Waals surface area contributed by atoms with Gasteiger partial charge in [0, 0.05) is 24.9 Å². The second-order valence-electron chi connectivity index (χ2n) is 6.67. The van der Waals surface area contributed by atoms with Crippen LogP contribution in [-0.4, -0.2) is 28.8 Å². The Morgan fingerprint density at radius 1 is 1.29 bits per heavy atom. The maximum absolute atomic E-state index is 12.5. The van der Waals surface area contributed by atoms with E-state index in [-0.39, 0.29) is 29.6 Å². The van der Waals surface area contributed by atoms with Gasteiger partial charge in [0.25, 0.3) is 0 Å². The molecule has 1 saturated heterocycles. The summed E-state index contributed by atoms with van der Waals surface area (Å²) in [5.41, 5.74) is 2.39. The highest BCUT2D eigenvalue weighted by atomic mass is 35.5. The number of hydrogen-bond donors (Lipinski definition) is 2. The van der Waals surface area contributed by atoms with E-state index >= 15 is 0 Å². The Morgan fingerprint density at radius 2 is 2.08 bits per heavy atom. The van der Waals surface area contributed by atoms with Crippen molar-refractivity contribution in [3.63, 3.8) is 0 Å². The van der Waals surface area contributed by atoms with Gasteiger partial charge < -0.3 is 10.6 Å². The predicted molar refractivity (Wildman–Crippen MR) is 95.3 cm³/mol. The highest BCUT2D eigenvalue weighted by Gasteiger charge is 2.57. The molecule has 0 radical (unpaired) electrons. The van der Waals surface area contributed by atoms with E-state index in [0.29, 0.717) is 6.54 Å². The number of hydrogen-bond acceptors (Lipinski definition) is 3. The lowest BCUT2D eigenvalue weighted by Gasteiger charge is -2.23. The van der Waals surface area contributed by atoms with Gasteiger partial charge in [0.15, 0.2) is 0 Å². The summed E-state index contributed by atoms with van der Waals surface area (Å²) in [7, 11) is 0. The molecule has 1 aliphatic carbocycles. The molecule has 5 nitrogen and oxygen atoms in total. The molecule has 1 amide bonds. The van der Waals surface area contributed by atoms with Gasteiger partial charge in [-0.1, -0.05) is 18.2 Å². The zero-order valence-corrected chi connectivity index (χ0v) is 14.4. The standard InChI is InChI=1S/C18H22N4O.ClH/c23-17(15-12-18(15)6-9-19-10-7-18)20-13-14-4-1-2-5-16(14)22-11-3-8-21-22;/h1-5,8,11,15,19H,6-7,9-10,12-13H2,(H,20,23);1H. The topological polar surface area (TPSA) is 59.0 Å². The van der Waals surface area contributed by atoms with Crippen LogP contribution in [0.25, 0.3) is 5.69 Å². The fourth-order valence-corrected chi connectivity index (χ4v) is 3.80. The summed E-state index contributed by atoms with van der Waals surface area (Å²) >= 11 is 0. The van der Waals surface area contributed by atoms with Crippen LogP contribution in [0.2, 0.25) is 0 Å². The Hall–Kier alpha value is -1.85. The van der Waals surface area contributed by atoms with Crippen molar-refractivity contribution in [1.82, 2.24) is 20.4 Å². The molecule has 1 atom stereocenters. The van der Waals surface area contributed by atoms with Crippen LogP contribution >= 0.6 is 12.4 Å². The highest BCUT2D eigenvalue weighted by molar-refractivity contribution is 5.85. The number of para-hydroxylation sites is 1. The molecule has 1 aliphatic heterocycles. The van der Waals surface area contributed by atoms with Gasteiger partial charge in [0.1, 0.15) is 0 Å². The molecule has 4 rings (SSSR count). The van der Waals surface area contributed by atoms with E-state index in [0.717, 1.165) is 43.6 Å². The second kappa shape index (κ2) is 6.95. The maximum Gasteiger partial charge on any atom is 0.223 e. The number of halogens is 1. The molecule has 1 aromatic carbocycles. The number of amides is 1. The molecule has 1 saturated carbocycles. The van der Waals surface area contributed by atoms with Crippen molar-refractivity contribution in [2.75, 3.05) is 13.1 Å². The summed E-state index contributed by atoms with van der Waals surface area (Å²) in [6, 6.07) is 9.97. The molecule has 1 aromatic heterocycles. The number of nitrogens with one attached hydrogen (secondary N) is 2. The smallest absolute Gasteiger partial charge is 0.223 e. The van der Waals surface area contributed by atoms with Gasteiger partial charge in [0.05, 0.1) is 5.69 Å². The molecule has 2 aliphatic rings. The van der Waals surface area contributed by atoms with Crippen molar-refractivity contribution in [2.24, 2.45) is 11.3 Å². The minimum absolute atomic E-state index is 0. The summed E-state index contributed by atoms with van der Waals surface area (Å²) in [5.74, 6) is 0.420. The van der Waals surface area contributed by atoms with Gasteiger partial charge in [-0.3, -0.25) is 4.79 Å². The van der Waals surface area contributed by atoms with Gasteiger partial charge in [-0.25, -0.2) is 4.68 Å². The number of carbonyl (C=O) groups excluding carboxylic acids is 1. The lowest BCUT2D eigenvalue weighted by Crippen LogP contribution is -2.33. The van der Waals surface area contributed by atoms with Crippen molar-refractivity contribution in [2.45, 2.75) is 25.8 Å². The van der Waals surface area contributed by atoms with Crippen LogP contribution in [0, 0.1) is 11.3 Å². The molecular weight excluding hydrogens is 324 g/mol. The monoisotopic (exact) mass is 346 g/mol. The molecule has 2 aromatic rings. The zero-order chi connectivity index (χ0) is 15.7. The van der Waals surface area contributed by atoms with Crippen LogP contribution in [0.3, 0.4) is 0 Å². The fourth-order valence-electron chi connectivity index (χ4n) is 3.80. The van der Waals surface area contributed by atoms with Crippen LogP contribution < -0.4 is 10.6 Å².